The minimum Gasteiger partial charge on any atom is -0.419 e. The Balaban J connectivity index is 1.75. The molecule has 0 spiro atoms. The van der Waals surface area contributed by atoms with E-state index in [2.05, 4.69) is 15.1 Å². The second-order valence-corrected chi connectivity index (χ2v) is 5.07. The number of nitrogens with zero attached hydrogens (tertiary/aromatic N) is 3. The van der Waals surface area contributed by atoms with Crippen LogP contribution in [0.1, 0.15) is 12.3 Å². The lowest BCUT2D eigenvalue weighted by Gasteiger charge is -2.10. The van der Waals surface area contributed by atoms with Crippen LogP contribution < -0.4 is 0 Å². The number of benzene rings is 1. The van der Waals surface area contributed by atoms with E-state index >= 15 is 0 Å². The van der Waals surface area contributed by atoms with Crippen LogP contribution in [0.3, 0.4) is 0 Å². The quantitative estimate of drug-likeness (QED) is 0.930. The van der Waals surface area contributed by atoms with Crippen LogP contribution in [-0.2, 0) is 6.54 Å². The Hall–Kier alpha value is -1.43. The van der Waals surface area contributed by atoms with Crippen LogP contribution in [-0.4, -0.2) is 39.4 Å². The summed E-state index contributed by atoms with van der Waals surface area (Å²) >= 11 is 6.09. The topological polar surface area (TPSA) is 62.4 Å². The first kappa shape index (κ1) is 12.6. The molecule has 0 amide bonds. The number of rotatable bonds is 3. The molecule has 1 atom stereocenters. The number of aliphatic hydroxyl groups is 1. The lowest BCUT2D eigenvalue weighted by Crippen LogP contribution is -2.21. The van der Waals surface area contributed by atoms with E-state index in [4.69, 9.17) is 16.0 Å². The maximum atomic E-state index is 9.47. The van der Waals surface area contributed by atoms with Crippen molar-refractivity contribution in [2.45, 2.75) is 19.1 Å². The van der Waals surface area contributed by atoms with Gasteiger partial charge in [0.05, 0.1) is 23.2 Å². The fraction of sp³-hybridized carbons (Fsp3) is 0.385. The second-order valence-electron chi connectivity index (χ2n) is 4.66. The highest BCUT2D eigenvalue weighted by atomic mass is 35.5. The van der Waals surface area contributed by atoms with E-state index in [9.17, 15) is 5.11 Å². The predicted octanol–water partition coefficient (Wildman–Crippen LogP) is 1.96. The number of aliphatic hydroxyl groups excluding tert-OH is 1. The van der Waals surface area contributed by atoms with Crippen LogP contribution in [0.2, 0.25) is 5.02 Å². The van der Waals surface area contributed by atoms with Crippen molar-refractivity contribution < 1.29 is 9.52 Å². The number of aromatic nitrogens is 2. The van der Waals surface area contributed by atoms with Crippen LogP contribution in [0.4, 0.5) is 0 Å². The summed E-state index contributed by atoms with van der Waals surface area (Å²) < 4.78 is 5.62. The number of likely N-dealkylation sites (tertiary alicyclic amines) is 1. The van der Waals surface area contributed by atoms with Crippen molar-refractivity contribution in [2.75, 3.05) is 13.1 Å². The first-order valence-electron chi connectivity index (χ1n) is 6.20. The predicted molar refractivity (Wildman–Crippen MR) is 70.6 cm³/mol. The standard InChI is InChI=1S/C13H14ClN3O2/c14-11-4-2-1-3-10(11)13-16-15-12(19-13)8-17-6-5-9(18)7-17/h1-4,9,18H,5-8H2/t9-/m0/s1. The van der Waals surface area contributed by atoms with Gasteiger partial charge in [-0.05, 0) is 18.6 Å². The van der Waals surface area contributed by atoms with Crippen LogP contribution >= 0.6 is 11.6 Å². The zero-order chi connectivity index (χ0) is 13.2. The molecule has 1 aliphatic rings. The maximum absolute atomic E-state index is 9.47. The summed E-state index contributed by atoms with van der Waals surface area (Å²) in [6, 6.07) is 7.37. The molecule has 0 saturated carbocycles. The van der Waals surface area contributed by atoms with E-state index in [1.807, 2.05) is 18.2 Å². The molecule has 0 bridgehead atoms. The molecule has 1 saturated heterocycles. The van der Waals surface area contributed by atoms with Gasteiger partial charge < -0.3 is 9.52 Å². The molecule has 1 aromatic heterocycles. The molecule has 0 aliphatic carbocycles. The molecule has 2 aromatic rings. The smallest absolute Gasteiger partial charge is 0.249 e. The maximum Gasteiger partial charge on any atom is 0.249 e. The van der Waals surface area contributed by atoms with Crippen molar-refractivity contribution in [2.24, 2.45) is 0 Å². The van der Waals surface area contributed by atoms with Crippen LogP contribution in [0.25, 0.3) is 11.5 Å². The van der Waals surface area contributed by atoms with Crippen molar-refractivity contribution in [1.29, 1.82) is 0 Å². The summed E-state index contributed by atoms with van der Waals surface area (Å²) in [6.45, 7) is 2.07. The monoisotopic (exact) mass is 279 g/mol. The number of halogens is 1. The van der Waals surface area contributed by atoms with Gasteiger partial charge >= 0.3 is 0 Å². The van der Waals surface area contributed by atoms with E-state index in [-0.39, 0.29) is 6.10 Å². The van der Waals surface area contributed by atoms with Gasteiger partial charge in [0.1, 0.15) is 0 Å². The van der Waals surface area contributed by atoms with E-state index in [0.29, 0.717) is 29.9 Å². The van der Waals surface area contributed by atoms with E-state index < -0.39 is 0 Å². The molecule has 19 heavy (non-hydrogen) atoms. The molecule has 5 nitrogen and oxygen atoms in total. The third-order valence-corrected chi connectivity index (χ3v) is 3.51. The van der Waals surface area contributed by atoms with Crippen LogP contribution in [0.5, 0.6) is 0 Å². The molecule has 100 valence electrons. The minimum atomic E-state index is -0.244. The molecule has 3 rings (SSSR count). The Morgan fingerprint density at radius 3 is 2.95 bits per heavy atom. The second kappa shape index (κ2) is 5.28. The number of β-amino-alcohol motifs (C(OH)–C–C–N with tert-alkyl or cyclic N) is 1. The molecular weight excluding hydrogens is 266 g/mol. The highest BCUT2D eigenvalue weighted by molar-refractivity contribution is 6.33. The summed E-state index contributed by atoms with van der Waals surface area (Å²) in [4.78, 5) is 2.09. The molecular formula is C13H14ClN3O2. The highest BCUT2D eigenvalue weighted by Gasteiger charge is 2.22. The zero-order valence-corrected chi connectivity index (χ0v) is 11.0. The fourth-order valence-electron chi connectivity index (χ4n) is 2.21. The third-order valence-electron chi connectivity index (χ3n) is 3.18. The summed E-state index contributed by atoms with van der Waals surface area (Å²) in [7, 11) is 0. The summed E-state index contributed by atoms with van der Waals surface area (Å²) in [5.41, 5.74) is 0.740. The van der Waals surface area contributed by atoms with Gasteiger partial charge in [-0.1, -0.05) is 23.7 Å². The Bertz CT molecular complexity index is 573. The van der Waals surface area contributed by atoms with Crippen molar-refractivity contribution >= 4 is 11.6 Å². The lowest BCUT2D eigenvalue weighted by atomic mass is 10.2. The van der Waals surface area contributed by atoms with E-state index in [0.717, 1.165) is 18.5 Å². The average molecular weight is 280 g/mol. The lowest BCUT2D eigenvalue weighted by molar-refractivity contribution is 0.171. The molecule has 6 heteroatoms. The first-order chi connectivity index (χ1) is 9.22. The Morgan fingerprint density at radius 1 is 1.37 bits per heavy atom. The van der Waals surface area contributed by atoms with Gasteiger partial charge in [0.2, 0.25) is 11.8 Å². The number of hydrogen-bond donors (Lipinski definition) is 1. The Kier molecular flexibility index (Phi) is 3.50. The summed E-state index contributed by atoms with van der Waals surface area (Å²) in [5.74, 6) is 0.976. The largest absolute Gasteiger partial charge is 0.419 e. The number of hydrogen-bond acceptors (Lipinski definition) is 5. The molecule has 0 unspecified atom stereocenters. The highest BCUT2D eigenvalue weighted by Crippen LogP contribution is 2.26. The van der Waals surface area contributed by atoms with Gasteiger partial charge in [-0.3, -0.25) is 4.90 Å². The minimum absolute atomic E-state index is 0.244. The fourth-order valence-corrected chi connectivity index (χ4v) is 2.42. The van der Waals surface area contributed by atoms with Gasteiger partial charge in [0.25, 0.3) is 0 Å². The average Bonchev–Trinajstić information content (AvgIpc) is 3.00. The van der Waals surface area contributed by atoms with Crippen molar-refractivity contribution in [3.05, 3.63) is 35.2 Å². The third kappa shape index (κ3) is 2.78. The van der Waals surface area contributed by atoms with Gasteiger partial charge in [-0.25, -0.2) is 0 Å². The molecule has 1 aliphatic heterocycles. The normalized spacial score (nSPS) is 20.0. The molecule has 1 N–H and O–H groups in total. The van der Waals surface area contributed by atoms with E-state index in [1.165, 1.54) is 0 Å². The SMILES string of the molecule is O[C@H]1CCN(Cc2nnc(-c3ccccc3Cl)o2)C1. The Labute approximate surface area is 115 Å². The van der Waals surface area contributed by atoms with Crippen molar-refractivity contribution in [1.82, 2.24) is 15.1 Å². The van der Waals surface area contributed by atoms with Crippen LogP contribution in [0, 0.1) is 0 Å². The molecule has 1 aromatic carbocycles. The Morgan fingerprint density at radius 2 is 2.21 bits per heavy atom. The van der Waals surface area contributed by atoms with Crippen LogP contribution in [0.15, 0.2) is 28.7 Å². The van der Waals surface area contributed by atoms with Crippen molar-refractivity contribution in [3.63, 3.8) is 0 Å². The first-order valence-corrected chi connectivity index (χ1v) is 6.58. The molecule has 2 heterocycles. The van der Waals surface area contributed by atoms with Gasteiger partial charge in [0, 0.05) is 13.1 Å². The van der Waals surface area contributed by atoms with Gasteiger partial charge in [-0.2, -0.15) is 0 Å². The van der Waals surface area contributed by atoms with Crippen molar-refractivity contribution in [3.8, 4) is 11.5 Å². The van der Waals surface area contributed by atoms with Gasteiger partial charge in [0.15, 0.2) is 0 Å². The van der Waals surface area contributed by atoms with E-state index in [1.54, 1.807) is 6.07 Å². The van der Waals surface area contributed by atoms with Gasteiger partial charge in [-0.15, -0.1) is 10.2 Å². The molecule has 1 fully saturated rings. The zero-order valence-electron chi connectivity index (χ0n) is 10.3. The summed E-state index contributed by atoms with van der Waals surface area (Å²) in [6.07, 6.45) is 0.553. The molecule has 0 radical (unpaired) electrons. The summed E-state index contributed by atoms with van der Waals surface area (Å²) in [5, 5.41) is 18.1.